The standard InChI is InChI=1S/C85H146NO8P/c1-3-5-7-9-11-13-15-17-19-21-23-25-27-29-31-33-35-37-39-41-43-45-47-49-51-53-55-57-59-61-63-65-67-69-71-73-75-77-84(87)91-81-83(82-93-95(89,90)92-80-79-86)94-85(88)78-76-74-72-70-68-66-64-62-60-58-56-54-52-50-48-46-44-42-40-38-36-34-32-30-28-26-24-22-20-18-16-14-12-10-8-6-4-2/h5-8,11-14,17-20,23-26,29-32,35-38,83H,3-4,9-10,15-16,21-22,27-28,33-34,39-82,86H2,1-2H3,(H,89,90)/b7-5-,8-6-,13-11-,14-12-,19-17-,20-18-,25-23-,26-24-,31-29-,32-30-,37-35-,38-36-. The molecule has 0 heterocycles. The summed E-state index contributed by atoms with van der Waals surface area (Å²) in [5.74, 6) is -0.817. The van der Waals surface area contributed by atoms with Gasteiger partial charge in [0, 0.05) is 19.4 Å². The number of hydrogen-bond donors (Lipinski definition) is 2. The zero-order chi connectivity index (χ0) is 68.6. The molecule has 9 nitrogen and oxygen atoms in total. The Balaban J connectivity index is 3.82. The van der Waals surface area contributed by atoms with Crippen molar-refractivity contribution in [3.63, 3.8) is 0 Å². The van der Waals surface area contributed by atoms with Gasteiger partial charge in [-0.05, 0) is 116 Å². The average Bonchev–Trinajstić information content (AvgIpc) is 1.55. The van der Waals surface area contributed by atoms with E-state index in [0.717, 1.165) is 116 Å². The fraction of sp³-hybridized carbons (Fsp3) is 0.694. The SMILES string of the molecule is CC/C=C\C/C=C\C/C=C\C/C=C\C/C=C\C/C=C\CCCCCCCCCCCCCCCCCCCCC(=O)OCC(COP(=O)(O)OCCN)OC(=O)CCCCCCCCCCCCCCCCCCCC/C=C\C/C=C\C/C=C\C/C=C\C/C=C\C/C=C\CC. The smallest absolute Gasteiger partial charge is 0.462 e. The van der Waals surface area contributed by atoms with E-state index >= 15 is 0 Å². The van der Waals surface area contributed by atoms with Crippen LogP contribution in [0.3, 0.4) is 0 Å². The maximum Gasteiger partial charge on any atom is 0.472 e. The van der Waals surface area contributed by atoms with E-state index < -0.39 is 26.5 Å². The zero-order valence-electron chi connectivity index (χ0n) is 61.4. The summed E-state index contributed by atoms with van der Waals surface area (Å²) in [5, 5.41) is 0. The van der Waals surface area contributed by atoms with Gasteiger partial charge in [-0.1, -0.05) is 365 Å². The predicted octanol–water partition coefficient (Wildman–Crippen LogP) is 26.5. The summed E-state index contributed by atoms with van der Waals surface area (Å²) in [7, 11) is -4.40. The van der Waals surface area contributed by atoms with Gasteiger partial charge in [0.15, 0.2) is 6.10 Å². The summed E-state index contributed by atoms with van der Waals surface area (Å²) in [6.45, 7) is 3.55. The van der Waals surface area contributed by atoms with Crippen LogP contribution in [0.2, 0.25) is 0 Å². The number of nitrogens with two attached hydrogens (primary N) is 1. The lowest BCUT2D eigenvalue weighted by Crippen LogP contribution is -2.29. The molecule has 0 saturated heterocycles. The second-order valence-electron chi connectivity index (χ2n) is 25.8. The number of hydrogen-bond acceptors (Lipinski definition) is 8. The molecule has 0 aromatic heterocycles. The number of rotatable bonds is 73. The number of ether oxygens (including phenoxy) is 2. The second kappa shape index (κ2) is 78.9. The lowest BCUT2D eigenvalue weighted by molar-refractivity contribution is -0.161. The Morgan fingerprint density at radius 2 is 0.547 bits per heavy atom. The van der Waals surface area contributed by atoms with E-state index in [4.69, 9.17) is 24.3 Å². The van der Waals surface area contributed by atoms with Crippen molar-refractivity contribution >= 4 is 19.8 Å². The second-order valence-corrected chi connectivity index (χ2v) is 27.3. The van der Waals surface area contributed by atoms with Crippen molar-refractivity contribution in [3.05, 3.63) is 146 Å². The first-order chi connectivity index (χ1) is 46.8. The molecule has 0 amide bonds. The minimum absolute atomic E-state index is 0.0505. The van der Waals surface area contributed by atoms with Crippen LogP contribution < -0.4 is 5.73 Å². The summed E-state index contributed by atoms with van der Waals surface area (Å²) in [5.41, 5.74) is 5.42. The summed E-state index contributed by atoms with van der Waals surface area (Å²) in [6, 6.07) is 0. The van der Waals surface area contributed by atoms with Crippen molar-refractivity contribution in [2.24, 2.45) is 5.73 Å². The number of carbonyl (C=O) groups is 2. The first kappa shape index (κ1) is 90.9. The van der Waals surface area contributed by atoms with Gasteiger partial charge < -0.3 is 20.1 Å². The predicted molar refractivity (Wildman–Crippen MR) is 413 cm³/mol. The zero-order valence-corrected chi connectivity index (χ0v) is 62.3. The van der Waals surface area contributed by atoms with Crippen molar-refractivity contribution < 1.29 is 37.6 Å². The minimum atomic E-state index is -4.40. The lowest BCUT2D eigenvalue weighted by Gasteiger charge is -2.19. The monoisotopic (exact) mass is 1340 g/mol. The molecule has 0 aromatic carbocycles. The van der Waals surface area contributed by atoms with Crippen LogP contribution in [0.15, 0.2) is 146 Å². The lowest BCUT2D eigenvalue weighted by atomic mass is 10.0. The van der Waals surface area contributed by atoms with Gasteiger partial charge in [0.05, 0.1) is 13.2 Å². The molecule has 0 aliphatic rings. The van der Waals surface area contributed by atoms with Crippen LogP contribution in [0.1, 0.15) is 348 Å². The van der Waals surface area contributed by atoms with Gasteiger partial charge in [-0.15, -0.1) is 0 Å². The van der Waals surface area contributed by atoms with Crippen LogP contribution in [0, 0.1) is 0 Å². The van der Waals surface area contributed by atoms with E-state index in [1.165, 1.54) is 199 Å². The third-order valence-corrected chi connectivity index (χ3v) is 17.7. The molecule has 0 radical (unpaired) electrons. The first-order valence-corrected chi connectivity index (χ1v) is 40.8. The molecule has 0 bridgehead atoms. The molecule has 0 spiro atoms. The summed E-state index contributed by atoms with van der Waals surface area (Å²) in [6.07, 6.45) is 114. The molecule has 0 fully saturated rings. The van der Waals surface area contributed by atoms with Crippen LogP contribution in [-0.2, 0) is 32.7 Å². The molecule has 0 saturated carbocycles. The molecule has 3 N–H and O–H groups in total. The van der Waals surface area contributed by atoms with Gasteiger partial charge in [-0.3, -0.25) is 18.6 Å². The number of unbranched alkanes of at least 4 members (excludes halogenated alkanes) is 36. The number of phosphoric ester groups is 1. The van der Waals surface area contributed by atoms with Gasteiger partial charge in [0.25, 0.3) is 0 Å². The summed E-state index contributed by atoms with van der Waals surface area (Å²) in [4.78, 5) is 35.5. The van der Waals surface area contributed by atoms with Crippen LogP contribution >= 0.6 is 7.82 Å². The van der Waals surface area contributed by atoms with E-state index in [1.54, 1.807) is 0 Å². The molecule has 2 atom stereocenters. The van der Waals surface area contributed by atoms with Crippen LogP contribution in [0.4, 0.5) is 0 Å². The number of carbonyl (C=O) groups excluding carboxylic acids is 2. The molecule has 0 aliphatic carbocycles. The van der Waals surface area contributed by atoms with Gasteiger partial charge >= 0.3 is 19.8 Å². The molecule has 544 valence electrons. The Bertz CT molecular complexity index is 2080. The van der Waals surface area contributed by atoms with E-state index in [9.17, 15) is 19.0 Å². The van der Waals surface area contributed by atoms with Crippen LogP contribution in [0.25, 0.3) is 0 Å². The van der Waals surface area contributed by atoms with Crippen molar-refractivity contribution in [1.29, 1.82) is 0 Å². The number of allylic oxidation sites excluding steroid dienone is 24. The van der Waals surface area contributed by atoms with Crippen LogP contribution in [-0.4, -0.2) is 49.3 Å². The van der Waals surface area contributed by atoms with Crippen molar-refractivity contribution in [2.45, 2.75) is 354 Å². The van der Waals surface area contributed by atoms with E-state index in [2.05, 4.69) is 160 Å². The highest BCUT2D eigenvalue weighted by Crippen LogP contribution is 2.43. The third kappa shape index (κ3) is 78.8. The quantitative estimate of drug-likeness (QED) is 0.0264. The molecule has 0 aromatic rings. The third-order valence-electron chi connectivity index (χ3n) is 16.7. The van der Waals surface area contributed by atoms with Gasteiger partial charge in [0.1, 0.15) is 6.61 Å². The van der Waals surface area contributed by atoms with Crippen molar-refractivity contribution in [1.82, 2.24) is 0 Å². The molecule has 0 rings (SSSR count). The van der Waals surface area contributed by atoms with Gasteiger partial charge in [-0.2, -0.15) is 0 Å². The fourth-order valence-corrected chi connectivity index (χ4v) is 11.8. The summed E-state index contributed by atoms with van der Waals surface area (Å²) < 4.78 is 33.3. The highest BCUT2D eigenvalue weighted by atomic mass is 31.2. The molecule has 0 aliphatic heterocycles. The van der Waals surface area contributed by atoms with Crippen molar-refractivity contribution in [3.8, 4) is 0 Å². The van der Waals surface area contributed by atoms with E-state index in [0.29, 0.717) is 6.42 Å². The average molecular weight is 1340 g/mol. The minimum Gasteiger partial charge on any atom is -0.462 e. The Morgan fingerprint density at radius 1 is 0.316 bits per heavy atom. The molecule has 2 unspecified atom stereocenters. The molecule has 95 heavy (non-hydrogen) atoms. The Labute approximate surface area is 586 Å². The fourth-order valence-electron chi connectivity index (χ4n) is 11.0. The largest absolute Gasteiger partial charge is 0.472 e. The van der Waals surface area contributed by atoms with E-state index in [-0.39, 0.29) is 38.6 Å². The highest BCUT2D eigenvalue weighted by molar-refractivity contribution is 7.47. The normalized spacial score (nSPS) is 13.7. The number of phosphoric acid groups is 1. The van der Waals surface area contributed by atoms with Crippen LogP contribution in [0.5, 0.6) is 0 Å². The van der Waals surface area contributed by atoms with E-state index in [1.807, 2.05) is 0 Å². The maximum absolute atomic E-state index is 12.8. The van der Waals surface area contributed by atoms with Crippen molar-refractivity contribution in [2.75, 3.05) is 26.4 Å². The Hall–Kier alpha value is -4.11. The van der Waals surface area contributed by atoms with Gasteiger partial charge in [-0.25, -0.2) is 4.57 Å². The topological polar surface area (TPSA) is 134 Å². The Morgan fingerprint density at radius 3 is 0.811 bits per heavy atom. The molecule has 10 heteroatoms. The summed E-state index contributed by atoms with van der Waals surface area (Å²) >= 11 is 0. The molecular formula is C85H146NO8P. The first-order valence-electron chi connectivity index (χ1n) is 39.3. The molecular weight excluding hydrogens is 1190 g/mol. The highest BCUT2D eigenvalue weighted by Gasteiger charge is 2.26. The Kier molecular flexibility index (Phi) is 75.5. The maximum atomic E-state index is 12.8. The van der Waals surface area contributed by atoms with Gasteiger partial charge in [0.2, 0.25) is 0 Å². The number of esters is 2.